The topological polar surface area (TPSA) is 231 Å². The second-order valence-electron chi connectivity index (χ2n) is 5.36. The Morgan fingerprint density at radius 1 is 0.643 bits per heavy atom. The predicted molar refractivity (Wildman–Crippen MR) is 93.0 cm³/mol. The molecule has 14 nitrogen and oxygen atoms in total. The molecule has 0 heterocycles. The highest BCUT2D eigenvalue weighted by Crippen LogP contribution is 1.94. The molecule has 14 heteroatoms. The molecular weight excluding hydrogens is 384 g/mol. The highest BCUT2D eigenvalue weighted by Gasteiger charge is 2.17. The Labute approximate surface area is 160 Å². The number of hydrogen-bond acceptors (Lipinski definition) is 9. The Balaban J connectivity index is 0. The van der Waals surface area contributed by atoms with Gasteiger partial charge in [0, 0.05) is 26.2 Å². The SMILES string of the molecule is NCCNCC(=O)O.O=C(O)CN(CCN(CC(=O)O)CC(=O)O)CC(=O)O. The van der Waals surface area contributed by atoms with E-state index in [1.54, 1.807) is 0 Å². The third-order valence-electron chi connectivity index (χ3n) is 2.77. The molecule has 0 aromatic rings. The van der Waals surface area contributed by atoms with Crippen LogP contribution in [0, 0.1) is 0 Å². The molecule has 0 fully saturated rings. The lowest BCUT2D eigenvalue weighted by atomic mass is 10.4. The van der Waals surface area contributed by atoms with E-state index in [-0.39, 0.29) is 19.6 Å². The van der Waals surface area contributed by atoms with Gasteiger partial charge in [0.05, 0.1) is 32.7 Å². The maximum atomic E-state index is 10.6. The van der Waals surface area contributed by atoms with Crippen LogP contribution in [-0.4, -0.2) is 124 Å². The van der Waals surface area contributed by atoms with E-state index in [0.29, 0.717) is 13.1 Å². The summed E-state index contributed by atoms with van der Waals surface area (Å²) in [4.78, 5) is 54.1. The Bertz CT molecular complexity index is 460. The summed E-state index contributed by atoms with van der Waals surface area (Å²) in [5, 5.41) is 45.1. The number of nitrogens with two attached hydrogens (primary N) is 1. The Morgan fingerprint density at radius 2 is 0.964 bits per heavy atom. The van der Waals surface area contributed by atoms with Crippen LogP contribution in [0.3, 0.4) is 0 Å². The van der Waals surface area contributed by atoms with Crippen LogP contribution in [0.25, 0.3) is 0 Å². The van der Waals surface area contributed by atoms with Gasteiger partial charge in [0.25, 0.3) is 0 Å². The fourth-order valence-electron chi connectivity index (χ4n) is 1.77. The highest BCUT2D eigenvalue weighted by molar-refractivity contribution is 5.73. The summed E-state index contributed by atoms with van der Waals surface area (Å²) in [5.41, 5.74) is 5.06. The fourth-order valence-corrected chi connectivity index (χ4v) is 1.77. The molecule has 0 atom stereocenters. The molecule has 0 amide bonds. The van der Waals surface area contributed by atoms with E-state index >= 15 is 0 Å². The normalized spacial score (nSPS) is 10.2. The summed E-state index contributed by atoms with van der Waals surface area (Å²) >= 11 is 0. The van der Waals surface area contributed by atoms with Crippen molar-refractivity contribution in [1.29, 1.82) is 0 Å². The number of nitrogens with one attached hydrogen (secondary N) is 1. The van der Waals surface area contributed by atoms with Crippen LogP contribution >= 0.6 is 0 Å². The molecule has 0 rings (SSSR count). The van der Waals surface area contributed by atoms with Crippen molar-refractivity contribution in [2.45, 2.75) is 0 Å². The molecule has 0 aliphatic heterocycles. The van der Waals surface area contributed by atoms with Crippen molar-refractivity contribution in [3.8, 4) is 0 Å². The first kappa shape index (κ1) is 27.4. The van der Waals surface area contributed by atoms with Gasteiger partial charge in [0.2, 0.25) is 0 Å². The molecule has 8 N–H and O–H groups in total. The second-order valence-corrected chi connectivity index (χ2v) is 5.36. The first-order valence-electron chi connectivity index (χ1n) is 7.92. The van der Waals surface area contributed by atoms with Gasteiger partial charge in [-0.05, 0) is 0 Å². The summed E-state index contributed by atoms with van der Waals surface area (Å²) in [5.74, 6) is -5.76. The zero-order valence-electron chi connectivity index (χ0n) is 15.1. The lowest BCUT2D eigenvalue weighted by Gasteiger charge is -2.23. The monoisotopic (exact) mass is 410 g/mol. The largest absolute Gasteiger partial charge is 0.480 e. The van der Waals surface area contributed by atoms with E-state index in [2.05, 4.69) is 5.32 Å². The maximum absolute atomic E-state index is 10.6. The van der Waals surface area contributed by atoms with E-state index < -0.39 is 56.0 Å². The molecule has 0 unspecified atom stereocenters. The molecule has 0 aliphatic carbocycles. The second kappa shape index (κ2) is 16.4. The molecule has 0 saturated heterocycles. The summed E-state index contributed by atoms with van der Waals surface area (Å²) in [6.45, 7) is -1.21. The molecule has 0 saturated carbocycles. The predicted octanol–water partition coefficient (Wildman–Crippen LogP) is -3.45. The van der Waals surface area contributed by atoms with Crippen LogP contribution in [0.4, 0.5) is 0 Å². The first-order chi connectivity index (χ1) is 13.0. The molecule has 0 spiro atoms. The molecule has 162 valence electrons. The number of aliphatic carboxylic acids is 5. The van der Waals surface area contributed by atoms with Crippen LogP contribution < -0.4 is 11.1 Å². The minimum Gasteiger partial charge on any atom is -0.480 e. The van der Waals surface area contributed by atoms with Crippen molar-refractivity contribution in [3.63, 3.8) is 0 Å². The quantitative estimate of drug-likeness (QED) is 0.130. The van der Waals surface area contributed by atoms with Gasteiger partial charge in [-0.1, -0.05) is 0 Å². The molecule has 0 aromatic carbocycles. The van der Waals surface area contributed by atoms with Gasteiger partial charge in [-0.15, -0.1) is 0 Å². The van der Waals surface area contributed by atoms with Crippen LogP contribution in [0.15, 0.2) is 0 Å². The van der Waals surface area contributed by atoms with Gasteiger partial charge in [-0.3, -0.25) is 33.8 Å². The van der Waals surface area contributed by atoms with E-state index in [0.717, 1.165) is 9.80 Å². The summed E-state index contributed by atoms with van der Waals surface area (Å²) < 4.78 is 0. The van der Waals surface area contributed by atoms with Crippen LogP contribution in [0.2, 0.25) is 0 Å². The van der Waals surface area contributed by atoms with Crippen molar-refractivity contribution in [2.75, 3.05) is 58.9 Å². The molecule has 28 heavy (non-hydrogen) atoms. The summed E-state index contributed by atoms with van der Waals surface area (Å²) in [6, 6.07) is 0. The van der Waals surface area contributed by atoms with E-state index in [1.807, 2.05) is 0 Å². The van der Waals surface area contributed by atoms with Crippen molar-refractivity contribution < 1.29 is 49.5 Å². The van der Waals surface area contributed by atoms with Crippen molar-refractivity contribution in [3.05, 3.63) is 0 Å². The molecule has 0 aromatic heterocycles. The van der Waals surface area contributed by atoms with Crippen LogP contribution in [0.5, 0.6) is 0 Å². The van der Waals surface area contributed by atoms with Crippen LogP contribution in [0.1, 0.15) is 0 Å². The first-order valence-corrected chi connectivity index (χ1v) is 7.92. The van der Waals surface area contributed by atoms with Crippen molar-refractivity contribution >= 4 is 29.8 Å². The Kier molecular flexibility index (Phi) is 16.0. The molecule has 0 radical (unpaired) electrons. The van der Waals surface area contributed by atoms with Crippen LogP contribution in [-0.2, 0) is 24.0 Å². The van der Waals surface area contributed by atoms with Gasteiger partial charge in [-0.25, -0.2) is 0 Å². The average Bonchev–Trinajstić information content (AvgIpc) is 2.50. The van der Waals surface area contributed by atoms with E-state index in [1.165, 1.54) is 0 Å². The highest BCUT2D eigenvalue weighted by atomic mass is 16.4. The number of carboxylic acid groups (broad SMARTS) is 5. The van der Waals surface area contributed by atoms with Gasteiger partial charge in [0.15, 0.2) is 0 Å². The minimum atomic E-state index is -1.23. The fraction of sp³-hybridized carbons (Fsp3) is 0.643. The summed E-state index contributed by atoms with van der Waals surface area (Å²) in [6.07, 6.45) is 0. The lowest BCUT2D eigenvalue weighted by molar-refractivity contribution is -0.145. The minimum absolute atomic E-state index is 0.00278. The van der Waals surface area contributed by atoms with Gasteiger partial charge in [-0.2, -0.15) is 0 Å². The van der Waals surface area contributed by atoms with Gasteiger partial charge in [0.1, 0.15) is 0 Å². The smallest absolute Gasteiger partial charge is 0.317 e. The molecule has 0 bridgehead atoms. The van der Waals surface area contributed by atoms with E-state index in [4.69, 9.17) is 31.3 Å². The standard InChI is InChI=1S/C10H16N2O8.C4H10N2O2/c13-7(14)3-11(4-8(15)16)1-2-12(5-9(17)18)6-10(19)20;5-1-2-6-3-4(7)8/h1-6H2,(H,13,14)(H,15,16)(H,17,18)(H,19,20);6H,1-3,5H2,(H,7,8). The van der Waals surface area contributed by atoms with Crippen molar-refractivity contribution in [1.82, 2.24) is 15.1 Å². The Morgan fingerprint density at radius 3 is 1.18 bits per heavy atom. The zero-order valence-corrected chi connectivity index (χ0v) is 15.1. The van der Waals surface area contributed by atoms with Gasteiger partial charge < -0.3 is 36.6 Å². The average molecular weight is 410 g/mol. The number of carboxylic acids is 5. The molecule has 0 aliphatic rings. The van der Waals surface area contributed by atoms with E-state index in [9.17, 15) is 24.0 Å². The number of carbonyl (C=O) groups is 5. The molecular formula is C14H26N4O10. The third kappa shape index (κ3) is 21.2. The van der Waals surface area contributed by atoms with Gasteiger partial charge >= 0.3 is 29.8 Å². The number of nitrogens with zero attached hydrogens (tertiary/aromatic N) is 2. The number of rotatable bonds is 15. The zero-order chi connectivity index (χ0) is 22.1. The Hall–Kier alpha value is -2.81. The number of hydrogen-bond donors (Lipinski definition) is 7. The van der Waals surface area contributed by atoms with Crippen molar-refractivity contribution in [2.24, 2.45) is 5.73 Å². The lowest BCUT2D eigenvalue weighted by Crippen LogP contribution is -2.43. The third-order valence-corrected chi connectivity index (χ3v) is 2.77. The summed E-state index contributed by atoms with van der Waals surface area (Å²) in [7, 11) is 0. The maximum Gasteiger partial charge on any atom is 0.317 e.